The molecule has 3 aromatic carbocycles. The molecule has 0 aliphatic heterocycles. The molecular formula is C29H28KN3O4. The van der Waals surface area contributed by atoms with Crippen LogP contribution in [-0.4, -0.2) is 26.9 Å². The number of hydrogen-bond acceptors (Lipinski definition) is 4. The Kier molecular flexibility index (Phi) is 8.35. The van der Waals surface area contributed by atoms with E-state index in [0.29, 0.717) is 18.7 Å². The third-order valence-electron chi connectivity index (χ3n) is 6.84. The zero-order valence-corrected chi connectivity index (χ0v) is 24.3. The summed E-state index contributed by atoms with van der Waals surface area (Å²) in [6, 6.07) is 25.3. The number of hydrogen-bond donors (Lipinski definition) is 2. The van der Waals surface area contributed by atoms with Crippen LogP contribution in [-0.2, 0) is 22.0 Å². The number of anilines is 1. The Labute approximate surface area is 259 Å². The van der Waals surface area contributed by atoms with E-state index in [-0.39, 0.29) is 58.9 Å². The number of rotatable bonds is 7. The quantitative estimate of drug-likeness (QED) is 0.364. The van der Waals surface area contributed by atoms with Gasteiger partial charge in [0.2, 0.25) is 0 Å². The fourth-order valence-electron chi connectivity index (χ4n) is 4.45. The molecule has 1 heterocycles. The summed E-state index contributed by atoms with van der Waals surface area (Å²) in [6.07, 6.45) is 2.15. The second-order valence-electron chi connectivity index (χ2n) is 9.16. The molecular weight excluding hydrogens is 493 g/mol. The van der Waals surface area contributed by atoms with Crippen molar-refractivity contribution in [2.24, 2.45) is 7.05 Å². The summed E-state index contributed by atoms with van der Waals surface area (Å²) < 4.78 is 7.16. The normalized spacial score (nSPS) is 14.2. The van der Waals surface area contributed by atoms with Crippen LogP contribution in [0.3, 0.4) is 0 Å². The van der Waals surface area contributed by atoms with Gasteiger partial charge < -0.3 is 11.3 Å². The van der Waals surface area contributed by atoms with Gasteiger partial charge in [-0.1, -0.05) is 78.9 Å². The molecule has 5 rings (SSSR count). The van der Waals surface area contributed by atoms with Gasteiger partial charge in [0.05, 0.1) is 11.6 Å². The van der Waals surface area contributed by atoms with Crippen molar-refractivity contribution in [1.82, 2.24) is 9.78 Å². The van der Waals surface area contributed by atoms with Crippen molar-refractivity contribution in [1.29, 1.82) is 0 Å². The third-order valence-corrected chi connectivity index (χ3v) is 6.84. The number of aromatic nitrogens is 2. The van der Waals surface area contributed by atoms with Gasteiger partial charge >= 0.3 is 63.4 Å². The Morgan fingerprint density at radius 1 is 0.973 bits per heavy atom. The molecule has 2 N–H and O–H groups in total. The van der Waals surface area contributed by atoms with E-state index in [4.69, 9.17) is 4.74 Å². The fourth-order valence-corrected chi connectivity index (χ4v) is 4.45. The number of amides is 1. The summed E-state index contributed by atoms with van der Waals surface area (Å²) in [5.41, 5.74) is 4.77. The smallest absolute Gasteiger partial charge is 1.00 e. The molecule has 1 aliphatic rings. The van der Waals surface area contributed by atoms with Crippen LogP contribution in [0.5, 0.6) is 0 Å². The van der Waals surface area contributed by atoms with E-state index in [1.807, 2.05) is 85.8 Å². The molecule has 0 saturated heterocycles. The van der Waals surface area contributed by atoms with Crippen LogP contribution in [0.25, 0.3) is 22.3 Å². The number of benzene rings is 3. The van der Waals surface area contributed by atoms with Gasteiger partial charge in [-0.05, 0) is 47.6 Å². The second-order valence-corrected chi connectivity index (χ2v) is 9.16. The Hall–Kier alpha value is -2.75. The fraction of sp³-hybridized carbons (Fsp3) is 0.207. The molecule has 1 amide bonds. The first-order valence-corrected chi connectivity index (χ1v) is 11.9. The molecule has 4 aromatic rings. The summed E-state index contributed by atoms with van der Waals surface area (Å²) >= 11 is 0. The van der Waals surface area contributed by atoms with Gasteiger partial charge in [0.1, 0.15) is 11.9 Å². The number of carboxylic acid groups (broad SMARTS) is 1. The predicted molar refractivity (Wildman–Crippen MR) is 139 cm³/mol. The van der Waals surface area contributed by atoms with Crippen molar-refractivity contribution in [3.05, 3.63) is 96.2 Å². The van der Waals surface area contributed by atoms with Gasteiger partial charge in [0.25, 0.3) is 0 Å². The third kappa shape index (κ3) is 5.73. The maximum atomic E-state index is 12.6. The summed E-state index contributed by atoms with van der Waals surface area (Å²) in [5, 5.41) is 16.7. The molecule has 1 fully saturated rings. The van der Waals surface area contributed by atoms with Crippen LogP contribution in [0, 0.1) is 0 Å². The van der Waals surface area contributed by atoms with E-state index >= 15 is 0 Å². The summed E-state index contributed by atoms with van der Waals surface area (Å²) in [4.78, 5) is 24.2. The SMILES string of the molecule is C[C@@H](OC(=O)Nc1c(-c2ccc(-c3ccc(C4(C(=O)O)CC4)cc3)cc2)cnn1C)c1ccccc1.[H-].[K+]. The Bertz CT molecular complexity index is 1400. The summed E-state index contributed by atoms with van der Waals surface area (Å²) in [7, 11) is 1.76. The van der Waals surface area contributed by atoms with Crippen molar-refractivity contribution in [3.63, 3.8) is 0 Å². The van der Waals surface area contributed by atoms with E-state index < -0.39 is 17.5 Å². The van der Waals surface area contributed by atoms with Crippen molar-refractivity contribution < 1.29 is 72.2 Å². The van der Waals surface area contributed by atoms with Crippen LogP contribution >= 0.6 is 0 Å². The van der Waals surface area contributed by atoms with Gasteiger partial charge in [-0.3, -0.25) is 14.8 Å². The molecule has 0 unspecified atom stereocenters. The minimum Gasteiger partial charge on any atom is -1.00 e. The Balaban J connectivity index is 0.00000200. The zero-order valence-electron chi connectivity index (χ0n) is 22.1. The van der Waals surface area contributed by atoms with E-state index in [0.717, 1.165) is 33.4 Å². The maximum absolute atomic E-state index is 12.6. The number of carbonyl (C=O) groups is 2. The molecule has 0 spiro atoms. The second kappa shape index (κ2) is 11.3. The van der Waals surface area contributed by atoms with Crippen molar-refractivity contribution in [2.45, 2.75) is 31.3 Å². The maximum Gasteiger partial charge on any atom is 1.00 e. The zero-order chi connectivity index (χ0) is 25.3. The van der Waals surface area contributed by atoms with Gasteiger partial charge in [-0.25, -0.2) is 4.79 Å². The van der Waals surface area contributed by atoms with Crippen LogP contribution in [0.1, 0.15) is 38.4 Å². The number of ether oxygens (including phenoxy) is 1. The van der Waals surface area contributed by atoms with Crippen LogP contribution in [0.15, 0.2) is 85.1 Å². The number of carboxylic acids is 1. The van der Waals surface area contributed by atoms with Crippen LogP contribution < -0.4 is 56.7 Å². The van der Waals surface area contributed by atoms with E-state index in [1.165, 1.54) is 0 Å². The first-order chi connectivity index (χ1) is 17.4. The molecule has 0 bridgehead atoms. The first kappa shape index (κ1) is 27.3. The molecule has 7 nitrogen and oxygen atoms in total. The van der Waals surface area contributed by atoms with Gasteiger partial charge in [0.15, 0.2) is 0 Å². The molecule has 1 aliphatic carbocycles. The molecule has 1 atom stereocenters. The van der Waals surface area contributed by atoms with Crippen molar-refractivity contribution in [3.8, 4) is 22.3 Å². The molecule has 1 aromatic heterocycles. The number of nitrogens with one attached hydrogen (secondary N) is 1. The number of nitrogens with zero attached hydrogens (tertiary/aromatic N) is 2. The largest absolute Gasteiger partial charge is 1.00 e. The number of aryl methyl sites for hydroxylation is 1. The average Bonchev–Trinajstić information content (AvgIpc) is 3.64. The van der Waals surface area contributed by atoms with Gasteiger partial charge in [0, 0.05) is 12.6 Å². The average molecular weight is 522 g/mol. The van der Waals surface area contributed by atoms with E-state index in [9.17, 15) is 14.7 Å². The molecule has 8 heteroatoms. The van der Waals surface area contributed by atoms with Gasteiger partial charge in [-0.15, -0.1) is 0 Å². The summed E-state index contributed by atoms with van der Waals surface area (Å²) in [5.74, 6) is -0.209. The van der Waals surface area contributed by atoms with E-state index in [2.05, 4.69) is 10.4 Å². The molecule has 1 saturated carbocycles. The minimum absolute atomic E-state index is 0. The predicted octanol–water partition coefficient (Wildman–Crippen LogP) is 3.30. The minimum atomic E-state index is -0.751. The number of carbonyl (C=O) groups excluding carboxylic acids is 1. The molecule has 184 valence electrons. The topological polar surface area (TPSA) is 93.4 Å². The number of aliphatic carboxylic acids is 1. The van der Waals surface area contributed by atoms with Crippen molar-refractivity contribution >= 4 is 17.9 Å². The first-order valence-electron chi connectivity index (χ1n) is 11.9. The molecule has 37 heavy (non-hydrogen) atoms. The summed E-state index contributed by atoms with van der Waals surface area (Å²) in [6.45, 7) is 1.83. The Morgan fingerprint density at radius 3 is 2.11 bits per heavy atom. The van der Waals surface area contributed by atoms with Crippen molar-refractivity contribution in [2.75, 3.05) is 5.32 Å². The van der Waals surface area contributed by atoms with Crippen LogP contribution in [0.2, 0.25) is 0 Å². The standard InChI is InChI=1S/C29H27N3O4.K.H/c1-19(20-6-4-3-5-7-20)36-28(35)31-26-25(18-30-32(26)2)23-10-8-21(9-11-23)22-12-14-24(15-13-22)29(16-17-29)27(33)34;;/h3-15,18-19H,16-17H2,1-2H3,(H,31,35)(H,33,34);;/q;+1;-1/t19-;;/m1../s1. The molecule has 0 radical (unpaired) electrons. The van der Waals surface area contributed by atoms with Gasteiger partial charge in [-0.2, -0.15) is 5.10 Å². The van der Waals surface area contributed by atoms with Crippen LogP contribution in [0.4, 0.5) is 10.6 Å². The Morgan fingerprint density at radius 2 is 1.54 bits per heavy atom. The monoisotopic (exact) mass is 521 g/mol. The van der Waals surface area contributed by atoms with E-state index in [1.54, 1.807) is 17.9 Å².